The van der Waals surface area contributed by atoms with E-state index >= 15 is 0 Å². The van der Waals surface area contributed by atoms with Gasteiger partial charge in [-0.05, 0) is 75.3 Å². The molecule has 3 aromatic heterocycles. The van der Waals surface area contributed by atoms with Crippen molar-refractivity contribution in [2.45, 2.75) is 68.8 Å². The SMILES string of the molecule is O=C([C@@H]1CCCN(c2cc(C(F)(F)F)ccn2)C1)N1CC[C@H](NC2CCC(O)(c3ccc(-c4ncccn4)cn3)CC2)C1. The molecule has 0 radical (unpaired) electrons. The maximum absolute atomic E-state index is 13.4. The van der Waals surface area contributed by atoms with Crippen molar-refractivity contribution in [2.75, 3.05) is 31.1 Å². The first kappa shape index (κ1) is 29.4. The third-order valence-electron chi connectivity index (χ3n) is 9.02. The van der Waals surface area contributed by atoms with Crippen LogP contribution in [-0.2, 0) is 16.6 Å². The van der Waals surface area contributed by atoms with Crippen LogP contribution in [0.3, 0.4) is 0 Å². The lowest BCUT2D eigenvalue weighted by Crippen LogP contribution is -2.47. The van der Waals surface area contributed by atoms with Gasteiger partial charge in [0.05, 0.1) is 17.2 Å². The summed E-state index contributed by atoms with van der Waals surface area (Å²) in [5.74, 6) is 0.663. The highest BCUT2D eigenvalue weighted by Gasteiger charge is 2.39. The minimum Gasteiger partial charge on any atom is -0.384 e. The van der Waals surface area contributed by atoms with Crippen LogP contribution in [0.2, 0.25) is 0 Å². The second-order valence-electron chi connectivity index (χ2n) is 11.9. The molecule has 2 aliphatic heterocycles. The molecule has 3 aromatic rings. The van der Waals surface area contributed by atoms with Crippen LogP contribution < -0.4 is 10.2 Å². The summed E-state index contributed by atoms with van der Waals surface area (Å²) in [6, 6.07) is 7.97. The number of piperidine rings is 1. The van der Waals surface area contributed by atoms with Crippen molar-refractivity contribution in [2.24, 2.45) is 5.92 Å². The van der Waals surface area contributed by atoms with Crippen LogP contribution >= 0.6 is 0 Å². The van der Waals surface area contributed by atoms with Gasteiger partial charge in [-0.15, -0.1) is 0 Å². The Labute approximate surface area is 248 Å². The lowest BCUT2D eigenvalue weighted by atomic mass is 9.79. The topological polar surface area (TPSA) is 107 Å². The summed E-state index contributed by atoms with van der Waals surface area (Å²) in [6.45, 7) is 2.23. The number of pyridine rings is 2. The standard InChI is InChI=1S/C31H36F3N7O2/c32-31(33,34)23-8-14-35-27(17-23)40-15-1-3-22(19-40)29(42)41-16-9-25(20-41)39-24-6-10-30(43,11-7-24)26-5-4-21(18-38-26)28-36-12-2-13-37-28/h2,4-5,8,12-14,17-18,22,24-25,39,43H,1,3,6-7,9-11,15-16,19-20H2/t22-,24?,25+,30?/m1/s1. The first-order valence-electron chi connectivity index (χ1n) is 15.0. The Balaban J connectivity index is 0.989. The average molecular weight is 596 g/mol. The molecule has 0 aromatic carbocycles. The molecule has 1 aliphatic carbocycles. The van der Waals surface area contributed by atoms with E-state index in [1.165, 1.54) is 6.20 Å². The molecule has 1 saturated carbocycles. The van der Waals surface area contributed by atoms with Crippen LogP contribution in [0.4, 0.5) is 19.0 Å². The summed E-state index contributed by atoms with van der Waals surface area (Å²) in [5, 5.41) is 15.1. The summed E-state index contributed by atoms with van der Waals surface area (Å²) < 4.78 is 39.6. The van der Waals surface area contributed by atoms with Gasteiger partial charge in [0.15, 0.2) is 5.82 Å². The van der Waals surface area contributed by atoms with Crippen LogP contribution in [0.25, 0.3) is 11.4 Å². The summed E-state index contributed by atoms with van der Waals surface area (Å²) in [5.41, 5.74) is -0.248. The molecule has 1 amide bonds. The largest absolute Gasteiger partial charge is 0.416 e. The molecule has 0 spiro atoms. The van der Waals surface area contributed by atoms with Crippen molar-refractivity contribution in [3.8, 4) is 11.4 Å². The molecule has 12 heteroatoms. The smallest absolute Gasteiger partial charge is 0.384 e. The van der Waals surface area contributed by atoms with Gasteiger partial charge in [-0.3, -0.25) is 9.78 Å². The van der Waals surface area contributed by atoms with Crippen LogP contribution in [0.15, 0.2) is 55.1 Å². The van der Waals surface area contributed by atoms with Crippen molar-refractivity contribution >= 4 is 11.7 Å². The summed E-state index contributed by atoms with van der Waals surface area (Å²) in [6.07, 6.45) is 6.91. The van der Waals surface area contributed by atoms with Gasteiger partial charge in [-0.25, -0.2) is 15.0 Å². The van der Waals surface area contributed by atoms with Crippen molar-refractivity contribution < 1.29 is 23.1 Å². The van der Waals surface area contributed by atoms with Gasteiger partial charge in [-0.1, -0.05) is 0 Å². The summed E-state index contributed by atoms with van der Waals surface area (Å²) in [4.78, 5) is 34.3. The Bertz CT molecular complexity index is 1400. The van der Waals surface area contributed by atoms with E-state index in [1.54, 1.807) is 29.6 Å². The molecule has 2 saturated heterocycles. The number of rotatable bonds is 6. The third-order valence-corrected chi connectivity index (χ3v) is 9.02. The second-order valence-corrected chi connectivity index (χ2v) is 11.9. The lowest BCUT2D eigenvalue weighted by molar-refractivity contribution is -0.137. The lowest BCUT2D eigenvalue weighted by Gasteiger charge is -2.37. The molecule has 228 valence electrons. The van der Waals surface area contributed by atoms with Crippen LogP contribution in [-0.4, -0.2) is 74.1 Å². The molecule has 2 atom stereocenters. The number of nitrogens with zero attached hydrogens (tertiary/aromatic N) is 6. The predicted octanol–water partition coefficient (Wildman–Crippen LogP) is 4.19. The number of anilines is 1. The number of carbonyl (C=O) groups is 1. The molecule has 6 rings (SSSR count). The maximum atomic E-state index is 13.4. The second kappa shape index (κ2) is 12.2. The first-order chi connectivity index (χ1) is 20.7. The molecule has 0 unspecified atom stereocenters. The van der Waals surface area contributed by atoms with Crippen molar-refractivity contribution in [3.63, 3.8) is 0 Å². The number of hydrogen-bond acceptors (Lipinski definition) is 8. The highest BCUT2D eigenvalue weighted by molar-refractivity contribution is 5.80. The fourth-order valence-corrected chi connectivity index (χ4v) is 6.61. The molecular formula is C31H36F3N7O2. The quantitative estimate of drug-likeness (QED) is 0.437. The van der Waals surface area contributed by atoms with E-state index in [4.69, 9.17) is 0 Å². The number of aliphatic hydroxyl groups is 1. The van der Waals surface area contributed by atoms with E-state index in [-0.39, 0.29) is 29.7 Å². The molecule has 5 heterocycles. The Morgan fingerprint density at radius 3 is 2.44 bits per heavy atom. The van der Waals surface area contributed by atoms with Crippen LogP contribution in [0.5, 0.6) is 0 Å². The molecule has 2 N–H and O–H groups in total. The molecule has 0 bridgehead atoms. The predicted molar refractivity (Wildman–Crippen MR) is 154 cm³/mol. The van der Waals surface area contributed by atoms with Gasteiger partial charge in [0, 0.05) is 68.6 Å². The van der Waals surface area contributed by atoms with E-state index < -0.39 is 17.3 Å². The van der Waals surface area contributed by atoms with E-state index in [0.717, 1.165) is 49.8 Å². The number of aromatic nitrogens is 4. The van der Waals surface area contributed by atoms with E-state index in [2.05, 4.69) is 25.3 Å². The Kier molecular flexibility index (Phi) is 8.32. The molecular weight excluding hydrogens is 559 g/mol. The number of halogens is 3. The fraction of sp³-hybridized carbons (Fsp3) is 0.516. The molecule has 3 aliphatic rings. The third kappa shape index (κ3) is 6.65. The average Bonchev–Trinajstić information content (AvgIpc) is 3.50. The van der Waals surface area contributed by atoms with E-state index in [1.807, 2.05) is 17.0 Å². The zero-order valence-corrected chi connectivity index (χ0v) is 23.9. The van der Waals surface area contributed by atoms with E-state index in [0.29, 0.717) is 50.5 Å². The van der Waals surface area contributed by atoms with Gasteiger partial charge in [0.25, 0.3) is 0 Å². The van der Waals surface area contributed by atoms with Gasteiger partial charge in [-0.2, -0.15) is 13.2 Å². The van der Waals surface area contributed by atoms with E-state index in [9.17, 15) is 23.1 Å². The van der Waals surface area contributed by atoms with Crippen LogP contribution in [0.1, 0.15) is 56.2 Å². The zero-order chi connectivity index (χ0) is 30.0. The van der Waals surface area contributed by atoms with Gasteiger partial charge in [0.2, 0.25) is 5.91 Å². The van der Waals surface area contributed by atoms with Crippen molar-refractivity contribution in [1.29, 1.82) is 0 Å². The normalized spacial score (nSPS) is 26.5. The fourth-order valence-electron chi connectivity index (χ4n) is 6.61. The highest BCUT2D eigenvalue weighted by Crippen LogP contribution is 2.37. The number of carbonyl (C=O) groups excluding carboxylic acids is 1. The van der Waals surface area contributed by atoms with Crippen LogP contribution in [0, 0.1) is 5.92 Å². The number of likely N-dealkylation sites (tertiary alicyclic amines) is 1. The van der Waals surface area contributed by atoms with Gasteiger partial charge < -0.3 is 20.2 Å². The minimum atomic E-state index is -4.43. The van der Waals surface area contributed by atoms with Crippen molar-refractivity contribution in [1.82, 2.24) is 30.2 Å². The minimum absolute atomic E-state index is 0.0643. The number of amides is 1. The van der Waals surface area contributed by atoms with Crippen molar-refractivity contribution in [3.05, 3.63) is 66.4 Å². The van der Waals surface area contributed by atoms with Gasteiger partial charge >= 0.3 is 6.18 Å². The maximum Gasteiger partial charge on any atom is 0.416 e. The monoisotopic (exact) mass is 595 g/mol. The number of nitrogens with one attached hydrogen (secondary N) is 1. The Hall–Kier alpha value is -3.64. The Morgan fingerprint density at radius 1 is 0.930 bits per heavy atom. The highest BCUT2D eigenvalue weighted by atomic mass is 19.4. The summed E-state index contributed by atoms with van der Waals surface area (Å²) >= 11 is 0. The molecule has 43 heavy (non-hydrogen) atoms. The zero-order valence-electron chi connectivity index (χ0n) is 23.9. The first-order valence-corrected chi connectivity index (χ1v) is 15.0. The number of hydrogen-bond donors (Lipinski definition) is 2. The molecule has 3 fully saturated rings. The molecule has 9 nitrogen and oxygen atoms in total. The Morgan fingerprint density at radius 2 is 1.72 bits per heavy atom. The number of alkyl halides is 3. The van der Waals surface area contributed by atoms with Gasteiger partial charge in [0.1, 0.15) is 11.4 Å². The summed E-state index contributed by atoms with van der Waals surface area (Å²) in [7, 11) is 0.